The molecule has 3 aromatic rings. The fourth-order valence-corrected chi connectivity index (χ4v) is 3.26. The predicted molar refractivity (Wildman–Crippen MR) is 102 cm³/mol. The maximum Gasteiger partial charge on any atom is 0.187 e. The minimum atomic E-state index is -0.306. The second-order valence-corrected chi connectivity index (χ2v) is 6.83. The van der Waals surface area contributed by atoms with Crippen LogP contribution in [0, 0.1) is 5.82 Å². The van der Waals surface area contributed by atoms with Crippen LogP contribution in [0.3, 0.4) is 0 Å². The maximum atomic E-state index is 14.7. The summed E-state index contributed by atoms with van der Waals surface area (Å²) in [6, 6.07) is 7.76. The van der Waals surface area contributed by atoms with Crippen molar-refractivity contribution in [2.24, 2.45) is 0 Å². The second-order valence-electron chi connectivity index (χ2n) is 6.83. The quantitative estimate of drug-likeness (QED) is 0.706. The van der Waals surface area contributed by atoms with Gasteiger partial charge in [-0.3, -0.25) is 0 Å². The molecule has 0 atom stereocenters. The van der Waals surface area contributed by atoms with Gasteiger partial charge < -0.3 is 9.80 Å². The van der Waals surface area contributed by atoms with Gasteiger partial charge in [0.2, 0.25) is 0 Å². The van der Waals surface area contributed by atoms with Crippen LogP contribution in [-0.4, -0.2) is 50.9 Å². The first-order valence-corrected chi connectivity index (χ1v) is 9.11. The molecule has 1 aliphatic heterocycles. The van der Waals surface area contributed by atoms with Gasteiger partial charge in [-0.05, 0) is 24.1 Å². The number of piperazine rings is 1. The molecule has 3 aromatic heterocycles. The number of halogens is 1. The van der Waals surface area contributed by atoms with E-state index in [0.29, 0.717) is 24.6 Å². The van der Waals surface area contributed by atoms with E-state index in [4.69, 9.17) is 4.98 Å². The molecular formula is C19H22FN7. The Morgan fingerprint density at radius 2 is 1.70 bits per heavy atom. The first-order chi connectivity index (χ1) is 13.1. The fourth-order valence-electron chi connectivity index (χ4n) is 3.26. The number of hydrogen-bond acceptors (Lipinski definition) is 6. The summed E-state index contributed by atoms with van der Waals surface area (Å²) in [5.41, 5.74) is 0.469. The molecule has 0 aliphatic carbocycles. The molecule has 1 fully saturated rings. The highest BCUT2D eigenvalue weighted by Crippen LogP contribution is 2.25. The molecule has 0 aromatic carbocycles. The van der Waals surface area contributed by atoms with Crippen LogP contribution in [0.25, 0.3) is 5.82 Å². The first-order valence-electron chi connectivity index (χ1n) is 9.11. The summed E-state index contributed by atoms with van der Waals surface area (Å²) in [5.74, 6) is 1.80. The number of pyridine rings is 1. The molecule has 7 nitrogen and oxygen atoms in total. The lowest BCUT2D eigenvalue weighted by molar-refractivity contribution is 0.556. The van der Waals surface area contributed by atoms with E-state index < -0.39 is 0 Å². The summed E-state index contributed by atoms with van der Waals surface area (Å²) in [7, 11) is 0. The molecule has 8 heteroatoms. The topological polar surface area (TPSA) is 63.0 Å². The van der Waals surface area contributed by atoms with Crippen molar-refractivity contribution in [1.82, 2.24) is 24.7 Å². The van der Waals surface area contributed by atoms with E-state index in [2.05, 4.69) is 20.0 Å². The average Bonchev–Trinajstić information content (AvgIpc) is 3.23. The van der Waals surface area contributed by atoms with Gasteiger partial charge in [0.25, 0.3) is 0 Å². The predicted octanol–water partition coefficient (Wildman–Crippen LogP) is 2.65. The fraction of sp³-hybridized carbons (Fsp3) is 0.368. The highest BCUT2D eigenvalue weighted by atomic mass is 19.1. The Balaban J connectivity index is 1.49. The zero-order chi connectivity index (χ0) is 18.8. The van der Waals surface area contributed by atoms with Crippen LogP contribution in [0.4, 0.5) is 16.0 Å². The molecule has 4 rings (SSSR count). The van der Waals surface area contributed by atoms with Crippen LogP contribution in [-0.2, 0) is 0 Å². The molecule has 140 valence electrons. The van der Waals surface area contributed by atoms with Gasteiger partial charge >= 0.3 is 0 Å². The highest BCUT2D eigenvalue weighted by molar-refractivity contribution is 5.47. The van der Waals surface area contributed by atoms with Crippen molar-refractivity contribution < 1.29 is 4.39 Å². The van der Waals surface area contributed by atoms with Crippen LogP contribution >= 0.6 is 0 Å². The number of anilines is 2. The minimum absolute atomic E-state index is 0.0299. The lowest BCUT2D eigenvalue weighted by atomic mass is 10.1. The molecule has 0 spiro atoms. The smallest absolute Gasteiger partial charge is 0.187 e. The zero-order valence-corrected chi connectivity index (χ0v) is 15.5. The van der Waals surface area contributed by atoms with Crippen molar-refractivity contribution in [3.63, 3.8) is 0 Å². The molecule has 0 unspecified atom stereocenters. The molecular weight excluding hydrogens is 345 g/mol. The maximum absolute atomic E-state index is 14.7. The van der Waals surface area contributed by atoms with Crippen molar-refractivity contribution in [1.29, 1.82) is 0 Å². The molecule has 4 heterocycles. The molecule has 0 bridgehead atoms. The molecule has 0 saturated carbocycles. The lowest BCUT2D eigenvalue weighted by Gasteiger charge is -2.36. The van der Waals surface area contributed by atoms with Crippen molar-refractivity contribution in [2.45, 2.75) is 19.8 Å². The minimum Gasteiger partial charge on any atom is -0.353 e. The van der Waals surface area contributed by atoms with Crippen LogP contribution < -0.4 is 9.80 Å². The molecule has 0 N–H and O–H groups in total. The third kappa shape index (κ3) is 3.47. The Morgan fingerprint density at radius 3 is 2.41 bits per heavy atom. The van der Waals surface area contributed by atoms with Crippen molar-refractivity contribution in [2.75, 3.05) is 36.0 Å². The second kappa shape index (κ2) is 7.30. The molecule has 1 saturated heterocycles. The number of rotatable bonds is 4. The molecule has 27 heavy (non-hydrogen) atoms. The first kappa shape index (κ1) is 17.4. The lowest BCUT2D eigenvalue weighted by Crippen LogP contribution is -2.47. The summed E-state index contributed by atoms with van der Waals surface area (Å²) in [6.07, 6.45) is 5.05. The third-order valence-corrected chi connectivity index (χ3v) is 4.71. The van der Waals surface area contributed by atoms with Gasteiger partial charge in [-0.2, -0.15) is 5.10 Å². The van der Waals surface area contributed by atoms with Crippen LogP contribution in [0.2, 0.25) is 0 Å². The average molecular weight is 367 g/mol. The summed E-state index contributed by atoms with van der Waals surface area (Å²) in [5, 5.41) is 4.23. The van der Waals surface area contributed by atoms with Crippen molar-refractivity contribution in [3.8, 4) is 5.82 Å². The zero-order valence-electron chi connectivity index (χ0n) is 15.5. The van der Waals surface area contributed by atoms with E-state index in [-0.39, 0.29) is 11.7 Å². The van der Waals surface area contributed by atoms with E-state index in [1.54, 1.807) is 10.9 Å². The van der Waals surface area contributed by atoms with Crippen molar-refractivity contribution >= 4 is 11.6 Å². The van der Waals surface area contributed by atoms with Gasteiger partial charge in [0.15, 0.2) is 17.5 Å². The molecule has 1 aliphatic rings. The van der Waals surface area contributed by atoms with Gasteiger partial charge in [-0.1, -0.05) is 19.9 Å². The van der Waals surface area contributed by atoms with E-state index in [1.165, 1.54) is 6.33 Å². The summed E-state index contributed by atoms with van der Waals surface area (Å²) in [4.78, 5) is 17.2. The molecule has 0 radical (unpaired) electrons. The Bertz CT molecular complexity index is 902. The largest absolute Gasteiger partial charge is 0.353 e. The Hall–Kier alpha value is -3.03. The normalized spacial score (nSPS) is 14.8. The van der Waals surface area contributed by atoms with Crippen LogP contribution in [0.15, 0.2) is 43.0 Å². The third-order valence-electron chi connectivity index (χ3n) is 4.71. The van der Waals surface area contributed by atoms with E-state index in [9.17, 15) is 4.39 Å². The van der Waals surface area contributed by atoms with Crippen LogP contribution in [0.5, 0.6) is 0 Å². The van der Waals surface area contributed by atoms with Crippen LogP contribution in [0.1, 0.15) is 25.5 Å². The van der Waals surface area contributed by atoms with Gasteiger partial charge in [0.1, 0.15) is 12.1 Å². The standard InChI is InChI=1S/C19H22FN7/c1-14(2)18-17(20)19(22-13-21-18)26-11-9-25(10-12-26)15-5-3-6-16(24-15)27-8-4-7-23-27/h3-8,13-14H,9-12H2,1-2H3. The number of aromatic nitrogens is 5. The summed E-state index contributed by atoms with van der Waals surface area (Å²) >= 11 is 0. The van der Waals surface area contributed by atoms with E-state index in [0.717, 1.165) is 24.7 Å². The highest BCUT2D eigenvalue weighted by Gasteiger charge is 2.24. The molecule has 0 amide bonds. The Kier molecular flexibility index (Phi) is 4.70. The Morgan fingerprint density at radius 1 is 0.963 bits per heavy atom. The monoisotopic (exact) mass is 367 g/mol. The number of hydrogen-bond donors (Lipinski definition) is 0. The van der Waals surface area contributed by atoms with Gasteiger partial charge in [0, 0.05) is 38.6 Å². The Labute approximate surface area is 157 Å². The van der Waals surface area contributed by atoms with Gasteiger partial charge in [-0.25, -0.2) is 24.0 Å². The summed E-state index contributed by atoms with van der Waals surface area (Å²) in [6.45, 7) is 6.72. The van der Waals surface area contributed by atoms with Gasteiger partial charge in [0.05, 0.1) is 5.69 Å². The van der Waals surface area contributed by atoms with E-state index in [1.807, 2.05) is 49.2 Å². The van der Waals surface area contributed by atoms with Gasteiger partial charge in [-0.15, -0.1) is 0 Å². The SMILES string of the molecule is CC(C)c1ncnc(N2CCN(c3cccc(-n4cccn4)n3)CC2)c1F. The van der Waals surface area contributed by atoms with E-state index >= 15 is 0 Å². The summed E-state index contributed by atoms with van der Waals surface area (Å²) < 4.78 is 16.5. The number of nitrogens with zero attached hydrogens (tertiary/aromatic N) is 7. The van der Waals surface area contributed by atoms with Crippen molar-refractivity contribution in [3.05, 3.63) is 54.5 Å².